The van der Waals surface area contributed by atoms with E-state index in [1.165, 1.54) is 52.0 Å². The molecule has 0 spiro atoms. The minimum absolute atomic E-state index is 0.899. The fourth-order valence-corrected chi connectivity index (χ4v) is 4.48. The zero-order valence-corrected chi connectivity index (χ0v) is 16.6. The molecule has 3 heteroatoms. The summed E-state index contributed by atoms with van der Waals surface area (Å²) in [5.41, 5.74) is 9.48. The molecule has 0 aliphatic carbocycles. The van der Waals surface area contributed by atoms with Gasteiger partial charge in [-0.15, -0.1) is 0 Å². The molecular weight excluding hydrogens is 344 g/mol. The number of aryl methyl sites for hydroxylation is 3. The summed E-state index contributed by atoms with van der Waals surface area (Å²) in [4.78, 5) is 0. The Bertz CT molecular complexity index is 1030. The molecule has 0 saturated heterocycles. The van der Waals surface area contributed by atoms with Crippen LogP contribution in [0.15, 0.2) is 60.9 Å². The highest BCUT2D eigenvalue weighted by Crippen LogP contribution is 2.36. The number of ether oxygens (including phenoxy) is 1. The lowest BCUT2D eigenvalue weighted by Crippen LogP contribution is -1.99. The zero-order valence-electron chi connectivity index (χ0n) is 16.6. The van der Waals surface area contributed by atoms with Crippen LogP contribution >= 0.6 is 0 Å². The highest BCUT2D eigenvalue weighted by molar-refractivity contribution is 5.78. The summed E-state index contributed by atoms with van der Waals surface area (Å²) in [6.45, 7) is 3.28. The van der Waals surface area contributed by atoms with Crippen molar-refractivity contribution >= 4 is 5.65 Å². The van der Waals surface area contributed by atoms with Gasteiger partial charge in [0.15, 0.2) is 0 Å². The topological polar surface area (TPSA) is 18.6 Å². The Hall–Kier alpha value is -2.94. The van der Waals surface area contributed by atoms with Crippen molar-refractivity contribution in [2.75, 3.05) is 7.11 Å². The molecule has 0 N–H and O–H groups in total. The lowest BCUT2D eigenvalue weighted by Gasteiger charge is -2.09. The Morgan fingerprint density at radius 1 is 0.893 bits per heavy atom. The van der Waals surface area contributed by atoms with Gasteiger partial charge in [0.2, 0.25) is 0 Å². The van der Waals surface area contributed by atoms with Crippen LogP contribution in [0.25, 0.3) is 28.0 Å². The normalized spacial score (nSPS) is 13.6. The molecule has 0 saturated carbocycles. The Labute approximate surface area is 166 Å². The van der Waals surface area contributed by atoms with Crippen LogP contribution in [0, 0.1) is 0 Å². The molecule has 3 heterocycles. The van der Waals surface area contributed by atoms with E-state index < -0.39 is 0 Å². The van der Waals surface area contributed by atoms with Crippen LogP contribution in [0.4, 0.5) is 0 Å². The molecule has 2 aromatic heterocycles. The third-order valence-corrected chi connectivity index (χ3v) is 6.03. The van der Waals surface area contributed by atoms with E-state index in [9.17, 15) is 0 Å². The third-order valence-electron chi connectivity index (χ3n) is 6.03. The first-order chi connectivity index (χ1) is 13.8. The highest BCUT2D eigenvalue weighted by Gasteiger charge is 2.21. The van der Waals surface area contributed by atoms with Gasteiger partial charge in [-0.25, -0.2) is 0 Å². The summed E-state index contributed by atoms with van der Waals surface area (Å²) in [6.07, 6.45) is 9.30. The van der Waals surface area contributed by atoms with Gasteiger partial charge in [-0.05, 0) is 66.6 Å². The number of methoxy groups -OCH3 is 1. The molecule has 1 aliphatic rings. The van der Waals surface area contributed by atoms with E-state index in [2.05, 4.69) is 64.7 Å². The molecule has 0 fully saturated rings. The molecule has 2 aromatic carbocycles. The fourth-order valence-electron chi connectivity index (χ4n) is 4.48. The SMILES string of the molecule is CCc1ccc(-c2cn3cc(-c4ccc(OC)cc4)n4c3c2CCCC4)cc1. The van der Waals surface area contributed by atoms with E-state index in [1.54, 1.807) is 7.11 Å². The predicted octanol–water partition coefficient (Wildman–Crippen LogP) is 5.98. The molecule has 0 atom stereocenters. The number of aromatic nitrogens is 2. The van der Waals surface area contributed by atoms with Gasteiger partial charge < -0.3 is 13.7 Å². The van der Waals surface area contributed by atoms with Gasteiger partial charge in [-0.2, -0.15) is 0 Å². The van der Waals surface area contributed by atoms with Gasteiger partial charge in [0.25, 0.3) is 0 Å². The molecular formula is C25H26N2O. The van der Waals surface area contributed by atoms with E-state index in [-0.39, 0.29) is 0 Å². The molecule has 142 valence electrons. The second kappa shape index (κ2) is 6.90. The maximum absolute atomic E-state index is 5.32. The van der Waals surface area contributed by atoms with E-state index in [4.69, 9.17) is 4.74 Å². The summed E-state index contributed by atoms with van der Waals surface area (Å²) in [7, 11) is 1.71. The van der Waals surface area contributed by atoms with E-state index in [0.29, 0.717) is 0 Å². The van der Waals surface area contributed by atoms with Gasteiger partial charge >= 0.3 is 0 Å². The summed E-state index contributed by atoms with van der Waals surface area (Å²) in [6, 6.07) is 17.5. The number of hydrogen-bond donors (Lipinski definition) is 0. The summed E-state index contributed by atoms with van der Waals surface area (Å²) >= 11 is 0. The molecule has 0 bridgehead atoms. The number of imidazole rings is 1. The molecule has 1 aliphatic heterocycles. The summed E-state index contributed by atoms with van der Waals surface area (Å²) < 4.78 is 10.2. The van der Waals surface area contributed by atoms with Gasteiger partial charge in [0.1, 0.15) is 11.4 Å². The third kappa shape index (κ3) is 2.73. The monoisotopic (exact) mass is 370 g/mol. The van der Waals surface area contributed by atoms with Crippen molar-refractivity contribution < 1.29 is 4.74 Å². The van der Waals surface area contributed by atoms with E-state index in [0.717, 1.165) is 25.1 Å². The van der Waals surface area contributed by atoms with Crippen LogP contribution in [0.1, 0.15) is 30.9 Å². The van der Waals surface area contributed by atoms with Crippen molar-refractivity contribution in [1.29, 1.82) is 0 Å². The average molecular weight is 370 g/mol. The van der Waals surface area contributed by atoms with Crippen LogP contribution in [0.2, 0.25) is 0 Å². The van der Waals surface area contributed by atoms with Crippen molar-refractivity contribution in [1.82, 2.24) is 8.97 Å². The van der Waals surface area contributed by atoms with Crippen molar-refractivity contribution in [3.63, 3.8) is 0 Å². The predicted molar refractivity (Wildman–Crippen MR) is 115 cm³/mol. The molecule has 0 radical (unpaired) electrons. The molecule has 28 heavy (non-hydrogen) atoms. The minimum Gasteiger partial charge on any atom is -0.497 e. The molecule has 5 rings (SSSR count). The molecule has 3 nitrogen and oxygen atoms in total. The first kappa shape index (κ1) is 17.2. The van der Waals surface area contributed by atoms with Crippen LogP contribution in [-0.2, 0) is 19.4 Å². The van der Waals surface area contributed by atoms with Crippen LogP contribution < -0.4 is 4.74 Å². The Balaban J connectivity index is 1.65. The number of benzene rings is 2. The quantitative estimate of drug-likeness (QED) is 0.432. The first-order valence-electron chi connectivity index (χ1n) is 10.3. The number of nitrogens with zero attached hydrogens (tertiary/aromatic N) is 2. The first-order valence-corrected chi connectivity index (χ1v) is 10.3. The van der Waals surface area contributed by atoms with Crippen molar-refractivity contribution in [3.05, 3.63) is 72.1 Å². The van der Waals surface area contributed by atoms with Crippen LogP contribution in [-0.4, -0.2) is 16.1 Å². The number of hydrogen-bond acceptors (Lipinski definition) is 1. The lowest BCUT2D eigenvalue weighted by atomic mass is 9.99. The molecule has 4 aromatic rings. The zero-order chi connectivity index (χ0) is 19.1. The summed E-state index contributed by atoms with van der Waals surface area (Å²) in [5, 5.41) is 0. The van der Waals surface area contributed by atoms with E-state index >= 15 is 0 Å². The molecule has 0 unspecified atom stereocenters. The highest BCUT2D eigenvalue weighted by atomic mass is 16.5. The van der Waals surface area contributed by atoms with Crippen molar-refractivity contribution in [2.24, 2.45) is 0 Å². The van der Waals surface area contributed by atoms with Crippen molar-refractivity contribution in [3.8, 4) is 28.1 Å². The smallest absolute Gasteiger partial charge is 0.121 e. The fraction of sp³-hybridized carbons (Fsp3) is 0.280. The van der Waals surface area contributed by atoms with Gasteiger partial charge in [0.05, 0.1) is 12.8 Å². The van der Waals surface area contributed by atoms with Crippen LogP contribution in [0.5, 0.6) is 5.75 Å². The number of rotatable bonds is 4. The maximum Gasteiger partial charge on any atom is 0.121 e. The minimum atomic E-state index is 0.899. The average Bonchev–Trinajstić information content (AvgIpc) is 3.18. The summed E-state index contributed by atoms with van der Waals surface area (Å²) in [5.74, 6) is 0.899. The van der Waals surface area contributed by atoms with E-state index in [1.807, 2.05) is 12.1 Å². The molecule has 0 amide bonds. The van der Waals surface area contributed by atoms with Crippen LogP contribution in [0.3, 0.4) is 0 Å². The van der Waals surface area contributed by atoms with Gasteiger partial charge in [-0.3, -0.25) is 0 Å². The lowest BCUT2D eigenvalue weighted by molar-refractivity contribution is 0.415. The van der Waals surface area contributed by atoms with Crippen molar-refractivity contribution in [2.45, 2.75) is 39.2 Å². The second-order valence-corrected chi connectivity index (χ2v) is 7.65. The maximum atomic E-state index is 5.32. The Kier molecular flexibility index (Phi) is 4.23. The standard InChI is InChI=1S/C25H26N2O/c1-3-18-7-9-19(10-8-18)23-16-26-17-24(20-11-13-21(28-2)14-12-20)27-15-5-4-6-22(23)25(26)27/h7-14,16-17H,3-6,15H2,1-2H3. The second-order valence-electron chi connectivity index (χ2n) is 7.65. The largest absolute Gasteiger partial charge is 0.497 e. The van der Waals surface area contributed by atoms with Gasteiger partial charge in [-0.1, -0.05) is 31.2 Å². The Morgan fingerprint density at radius 2 is 1.64 bits per heavy atom. The van der Waals surface area contributed by atoms with Gasteiger partial charge in [0, 0.05) is 30.1 Å². The Morgan fingerprint density at radius 3 is 2.36 bits per heavy atom.